The van der Waals surface area contributed by atoms with Gasteiger partial charge in [0.2, 0.25) is 0 Å². The van der Waals surface area contributed by atoms with Crippen molar-refractivity contribution in [3.05, 3.63) is 30.1 Å². The summed E-state index contributed by atoms with van der Waals surface area (Å²) in [5, 5.41) is 0. The second-order valence-corrected chi connectivity index (χ2v) is 2.46. The minimum atomic E-state index is -0.155. The van der Waals surface area contributed by atoms with Gasteiger partial charge in [0.1, 0.15) is 5.69 Å². The van der Waals surface area contributed by atoms with Crippen LogP contribution in [0.5, 0.6) is 0 Å². The average Bonchev–Trinajstić information content (AvgIpc) is 2.07. The Labute approximate surface area is 69.4 Å². The molecule has 3 nitrogen and oxygen atoms in total. The Hall–Kier alpha value is -1.03. The zero-order chi connectivity index (χ0) is 8.10. The van der Waals surface area contributed by atoms with Crippen molar-refractivity contribution in [2.24, 2.45) is 0 Å². The van der Waals surface area contributed by atoms with Crippen molar-refractivity contribution in [3.8, 4) is 0 Å². The summed E-state index contributed by atoms with van der Waals surface area (Å²) in [5.74, 6) is -0.155. The fraction of sp³-hybridized carbons (Fsp3) is 0.143. The minimum Gasteiger partial charge on any atom is -0.295 e. The summed E-state index contributed by atoms with van der Waals surface area (Å²) in [7, 11) is 0. The molecule has 1 aromatic heterocycles. The molecule has 1 aromatic rings. The smallest absolute Gasteiger partial charge is 0.279 e. The minimum absolute atomic E-state index is 0.155. The molecule has 0 spiro atoms. The van der Waals surface area contributed by atoms with Crippen LogP contribution >= 0.6 is 11.9 Å². The molecule has 0 unspecified atom stereocenters. The number of amides is 1. The molecule has 0 aromatic carbocycles. The number of hydrogen-bond acceptors (Lipinski definition) is 3. The highest BCUT2D eigenvalue weighted by molar-refractivity contribution is 7.97. The Balaban J connectivity index is 2.69. The van der Waals surface area contributed by atoms with E-state index < -0.39 is 0 Å². The van der Waals surface area contributed by atoms with Crippen LogP contribution in [0.25, 0.3) is 0 Å². The Morgan fingerprint density at radius 2 is 2.45 bits per heavy atom. The molecule has 1 heterocycles. The first-order valence-corrected chi connectivity index (χ1v) is 4.31. The first kappa shape index (κ1) is 8.07. The van der Waals surface area contributed by atoms with Crippen LogP contribution in [0.2, 0.25) is 0 Å². The molecule has 0 saturated carbocycles. The van der Waals surface area contributed by atoms with E-state index in [-0.39, 0.29) is 5.91 Å². The second-order valence-electron chi connectivity index (χ2n) is 1.85. The van der Waals surface area contributed by atoms with Crippen molar-refractivity contribution >= 4 is 17.9 Å². The lowest BCUT2D eigenvalue weighted by molar-refractivity contribution is 0.0980. The van der Waals surface area contributed by atoms with Crippen LogP contribution in [-0.4, -0.2) is 17.1 Å². The summed E-state index contributed by atoms with van der Waals surface area (Å²) in [5.41, 5.74) is 0.446. The van der Waals surface area contributed by atoms with Crippen molar-refractivity contribution in [2.45, 2.75) is 0 Å². The summed E-state index contributed by atoms with van der Waals surface area (Å²) in [4.78, 5) is 14.9. The highest BCUT2D eigenvalue weighted by Crippen LogP contribution is 1.94. The number of rotatable bonds is 2. The molecule has 0 bridgehead atoms. The predicted molar refractivity (Wildman–Crippen MR) is 45.2 cm³/mol. The third-order valence-electron chi connectivity index (χ3n) is 1.09. The van der Waals surface area contributed by atoms with Crippen molar-refractivity contribution in [1.82, 2.24) is 9.71 Å². The van der Waals surface area contributed by atoms with Gasteiger partial charge in [-0.05, 0) is 12.1 Å². The molecule has 0 radical (unpaired) electrons. The molecule has 1 amide bonds. The Kier molecular flexibility index (Phi) is 2.92. The maximum atomic E-state index is 11.1. The van der Waals surface area contributed by atoms with Crippen LogP contribution in [0.3, 0.4) is 0 Å². The van der Waals surface area contributed by atoms with Crippen LogP contribution < -0.4 is 4.72 Å². The fourth-order valence-electron chi connectivity index (χ4n) is 0.642. The van der Waals surface area contributed by atoms with E-state index in [0.29, 0.717) is 5.69 Å². The van der Waals surface area contributed by atoms with Gasteiger partial charge in [0.05, 0.1) is 0 Å². The number of aromatic nitrogens is 1. The molecular formula is C7H8N2OS. The molecule has 0 atom stereocenters. The first-order valence-electron chi connectivity index (χ1n) is 3.09. The van der Waals surface area contributed by atoms with Gasteiger partial charge in [-0.2, -0.15) is 0 Å². The average molecular weight is 168 g/mol. The summed E-state index contributed by atoms with van der Waals surface area (Å²) in [6.45, 7) is 0. The van der Waals surface area contributed by atoms with Gasteiger partial charge < -0.3 is 0 Å². The molecule has 1 rings (SSSR count). The third-order valence-corrected chi connectivity index (χ3v) is 1.48. The SMILES string of the molecule is CSNC(=O)c1ccccn1. The van der Waals surface area contributed by atoms with E-state index in [1.54, 1.807) is 30.7 Å². The van der Waals surface area contributed by atoms with E-state index in [2.05, 4.69) is 9.71 Å². The van der Waals surface area contributed by atoms with Gasteiger partial charge in [-0.15, -0.1) is 0 Å². The van der Waals surface area contributed by atoms with Gasteiger partial charge in [0.25, 0.3) is 5.91 Å². The molecule has 0 aliphatic rings. The number of nitrogens with one attached hydrogen (secondary N) is 1. The predicted octanol–water partition coefficient (Wildman–Crippen LogP) is 1.09. The van der Waals surface area contributed by atoms with Crippen molar-refractivity contribution in [2.75, 3.05) is 6.26 Å². The molecule has 0 aliphatic heterocycles. The topological polar surface area (TPSA) is 42.0 Å². The van der Waals surface area contributed by atoms with Gasteiger partial charge in [0.15, 0.2) is 0 Å². The van der Waals surface area contributed by atoms with Crippen LogP contribution in [0.15, 0.2) is 24.4 Å². The molecule has 11 heavy (non-hydrogen) atoms. The maximum absolute atomic E-state index is 11.1. The van der Waals surface area contributed by atoms with E-state index in [9.17, 15) is 4.79 Å². The summed E-state index contributed by atoms with van der Waals surface area (Å²) < 4.78 is 2.58. The Morgan fingerprint density at radius 1 is 1.64 bits per heavy atom. The van der Waals surface area contributed by atoms with Crippen molar-refractivity contribution in [1.29, 1.82) is 0 Å². The molecule has 0 saturated heterocycles. The van der Waals surface area contributed by atoms with Gasteiger partial charge in [-0.1, -0.05) is 18.0 Å². The molecule has 1 N–H and O–H groups in total. The van der Waals surface area contributed by atoms with E-state index in [1.807, 2.05) is 0 Å². The highest BCUT2D eigenvalue weighted by atomic mass is 32.2. The van der Waals surface area contributed by atoms with Gasteiger partial charge >= 0.3 is 0 Å². The standard InChI is InChI=1S/C7H8N2OS/c1-11-9-7(10)6-4-2-3-5-8-6/h2-5H,1H3,(H,9,10). The molecule has 0 fully saturated rings. The summed E-state index contributed by atoms with van der Waals surface area (Å²) in [6, 6.07) is 5.23. The Bertz CT molecular complexity index is 237. The zero-order valence-corrected chi connectivity index (χ0v) is 6.89. The molecule has 58 valence electrons. The van der Waals surface area contributed by atoms with Crippen LogP contribution in [0.1, 0.15) is 10.5 Å². The summed E-state index contributed by atoms with van der Waals surface area (Å²) in [6.07, 6.45) is 3.38. The van der Waals surface area contributed by atoms with E-state index in [0.717, 1.165) is 0 Å². The molecule has 4 heteroatoms. The quantitative estimate of drug-likeness (QED) is 0.672. The van der Waals surface area contributed by atoms with Gasteiger partial charge in [-0.3, -0.25) is 14.5 Å². The van der Waals surface area contributed by atoms with E-state index in [4.69, 9.17) is 0 Å². The van der Waals surface area contributed by atoms with Crippen molar-refractivity contribution < 1.29 is 4.79 Å². The van der Waals surface area contributed by atoms with Crippen LogP contribution in [-0.2, 0) is 0 Å². The van der Waals surface area contributed by atoms with E-state index in [1.165, 1.54) is 11.9 Å². The lowest BCUT2D eigenvalue weighted by Gasteiger charge is -1.97. The second kappa shape index (κ2) is 3.98. The number of carbonyl (C=O) groups is 1. The maximum Gasteiger partial charge on any atom is 0.279 e. The van der Waals surface area contributed by atoms with Crippen LogP contribution in [0.4, 0.5) is 0 Å². The van der Waals surface area contributed by atoms with Gasteiger partial charge in [0, 0.05) is 12.5 Å². The largest absolute Gasteiger partial charge is 0.295 e. The lowest BCUT2D eigenvalue weighted by Crippen LogP contribution is -2.16. The summed E-state index contributed by atoms with van der Waals surface area (Å²) >= 11 is 1.27. The van der Waals surface area contributed by atoms with Gasteiger partial charge in [-0.25, -0.2) is 0 Å². The Morgan fingerprint density at radius 3 is 3.00 bits per heavy atom. The van der Waals surface area contributed by atoms with E-state index >= 15 is 0 Å². The van der Waals surface area contributed by atoms with Crippen LogP contribution in [0, 0.1) is 0 Å². The monoisotopic (exact) mass is 168 g/mol. The zero-order valence-electron chi connectivity index (χ0n) is 6.07. The number of carbonyl (C=O) groups excluding carboxylic acids is 1. The van der Waals surface area contributed by atoms with Crippen molar-refractivity contribution in [3.63, 3.8) is 0 Å². The third kappa shape index (κ3) is 2.23. The lowest BCUT2D eigenvalue weighted by atomic mass is 10.3. The normalized spacial score (nSPS) is 9.18. The highest BCUT2D eigenvalue weighted by Gasteiger charge is 2.02. The number of hydrogen-bond donors (Lipinski definition) is 1. The number of pyridine rings is 1. The number of nitrogens with zero attached hydrogens (tertiary/aromatic N) is 1. The molecular weight excluding hydrogens is 160 g/mol. The fourth-order valence-corrected chi connectivity index (χ4v) is 0.932. The first-order chi connectivity index (χ1) is 5.34. The molecule has 0 aliphatic carbocycles.